The number of benzene rings is 1. The molecule has 1 saturated heterocycles. The van der Waals surface area contributed by atoms with Gasteiger partial charge in [-0.1, -0.05) is 25.1 Å². The lowest BCUT2D eigenvalue weighted by atomic mass is 9.97. The van der Waals surface area contributed by atoms with E-state index >= 15 is 0 Å². The average molecular weight is 233 g/mol. The van der Waals surface area contributed by atoms with E-state index in [-0.39, 0.29) is 17.4 Å². The molecule has 1 fully saturated rings. The fraction of sp³-hybridized carbons (Fsp3) is 0.385. The first-order chi connectivity index (χ1) is 8.15. The number of carboxylic acids is 1. The molecule has 0 spiro atoms. The standard InChI is InChI=1S/C13H15NO3/c1-2-14-8-7-11(15)12(14)9-5-3-4-6-10(9)13(16)17/h3-6,12H,2,7-8H2,1H3,(H,16,17). The second kappa shape index (κ2) is 4.67. The van der Waals surface area contributed by atoms with Gasteiger partial charge in [0.05, 0.1) is 11.6 Å². The van der Waals surface area contributed by atoms with Crippen LogP contribution in [-0.4, -0.2) is 34.8 Å². The molecule has 0 aromatic heterocycles. The zero-order valence-corrected chi connectivity index (χ0v) is 9.72. The number of carbonyl (C=O) groups is 2. The maximum atomic E-state index is 11.9. The molecule has 90 valence electrons. The Morgan fingerprint density at radius 1 is 1.47 bits per heavy atom. The Hall–Kier alpha value is -1.68. The summed E-state index contributed by atoms with van der Waals surface area (Å²) in [5.41, 5.74) is 0.843. The molecule has 0 aliphatic carbocycles. The van der Waals surface area contributed by atoms with Gasteiger partial charge < -0.3 is 5.11 Å². The molecule has 4 nitrogen and oxygen atoms in total. The second-order valence-corrected chi connectivity index (χ2v) is 4.14. The number of hydrogen-bond donors (Lipinski definition) is 1. The van der Waals surface area contributed by atoms with Gasteiger partial charge in [-0.15, -0.1) is 0 Å². The van der Waals surface area contributed by atoms with Crippen molar-refractivity contribution in [1.82, 2.24) is 4.90 Å². The van der Waals surface area contributed by atoms with E-state index in [0.717, 1.165) is 6.54 Å². The van der Waals surface area contributed by atoms with Crippen LogP contribution in [0.25, 0.3) is 0 Å². The number of likely N-dealkylation sites (tertiary alicyclic amines) is 1. The van der Waals surface area contributed by atoms with Crippen molar-refractivity contribution in [2.24, 2.45) is 0 Å². The van der Waals surface area contributed by atoms with Gasteiger partial charge in [-0.2, -0.15) is 0 Å². The highest BCUT2D eigenvalue weighted by Crippen LogP contribution is 2.30. The monoisotopic (exact) mass is 233 g/mol. The minimum atomic E-state index is -0.976. The number of ketones is 1. The number of aromatic carboxylic acids is 1. The Bertz CT molecular complexity index is 456. The summed E-state index contributed by atoms with van der Waals surface area (Å²) in [6.45, 7) is 3.45. The summed E-state index contributed by atoms with van der Waals surface area (Å²) in [7, 11) is 0. The van der Waals surface area contributed by atoms with Crippen LogP contribution >= 0.6 is 0 Å². The summed E-state index contributed by atoms with van der Waals surface area (Å²) >= 11 is 0. The maximum absolute atomic E-state index is 11.9. The molecular formula is C13H15NO3. The maximum Gasteiger partial charge on any atom is 0.336 e. The highest BCUT2D eigenvalue weighted by atomic mass is 16.4. The Kier molecular flexibility index (Phi) is 3.24. The predicted octanol–water partition coefficient (Wildman–Crippen LogP) is 1.72. The first kappa shape index (κ1) is 11.8. The summed E-state index contributed by atoms with van der Waals surface area (Å²) in [4.78, 5) is 25.1. The van der Waals surface area contributed by atoms with Crippen molar-refractivity contribution in [3.05, 3.63) is 35.4 Å². The third kappa shape index (κ3) is 2.08. The molecule has 1 aromatic carbocycles. The van der Waals surface area contributed by atoms with Gasteiger partial charge in [-0.05, 0) is 18.2 Å². The van der Waals surface area contributed by atoms with Crippen molar-refractivity contribution in [2.75, 3.05) is 13.1 Å². The lowest BCUT2D eigenvalue weighted by Gasteiger charge is -2.22. The third-order valence-electron chi connectivity index (χ3n) is 3.21. The van der Waals surface area contributed by atoms with Crippen molar-refractivity contribution in [2.45, 2.75) is 19.4 Å². The van der Waals surface area contributed by atoms with Gasteiger partial charge in [0.1, 0.15) is 0 Å². The Labute approximate surface area is 99.9 Å². The van der Waals surface area contributed by atoms with Gasteiger partial charge in [-0.25, -0.2) is 4.79 Å². The minimum absolute atomic E-state index is 0.112. The second-order valence-electron chi connectivity index (χ2n) is 4.14. The van der Waals surface area contributed by atoms with Crippen molar-refractivity contribution in [3.8, 4) is 0 Å². The Morgan fingerprint density at radius 2 is 2.18 bits per heavy atom. The van der Waals surface area contributed by atoms with E-state index in [4.69, 9.17) is 5.11 Å². The third-order valence-corrected chi connectivity index (χ3v) is 3.21. The fourth-order valence-electron chi connectivity index (χ4n) is 2.36. The molecule has 0 bridgehead atoms. The van der Waals surface area contributed by atoms with E-state index in [0.29, 0.717) is 18.5 Å². The van der Waals surface area contributed by atoms with Crippen molar-refractivity contribution >= 4 is 11.8 Å². The Morgan fingerprint density at radius 3 is 2.82 bits per heavy atom. The molecule has 1 atom stereocenters. The number of nitrogens with zero attached hydrogens (tertiary/aromatic N) is 1. The molecule has 17 heavy (non-hydrogen) atoms. The van der Waals surface area contributed by atoms with E-state index in [1.54, 1.807) is 24.3 Å². The van der Waals surface area contributed by atoms with Crippen LogP contribution in [0.3, 0.4) is 0 Å². The molecule has 0 saturated carbocycles. The topological polar surface area (TPSA) is 57.6 Å². The number of rotatable bonds is 3. The van der Waals surface area contributed by atoms with Crippen LogP contribution < -0.4 is 0 Å². The number of Topliss-reactive ketones (excluding diaryl/α,β-unsaturated/α-hetero) is 1. The van der Waals surface area contributed by atoms with E-state index in [2.05, 4.69) is 0 Å². The van der Waals surface area contributed by atoms with Crippen LogP contribution in [0.15, 0.2) is 24.3 Å². The number of carbonyl (C=O) groups excluding carboxylic acids is 1. The first-order valence-corrected chi connectivity index (χ1v) is 5.74. The molecule has 0 radical (unpaired) electrons. The van der Waals surface area contributed by atoms with Gasteiger partial charge in [0, 0.05) is 13.0 Å². The van der Waals surface area contributed by atoms with E-state index < -0.39 is 5.97 Å². The predicted molar refractivity (Wildman–Crippen MR) is 63.0 cm³/mol. The lowest BCUT2D eigenvalue weighted by molar-refractivity contribution is -0.120. The zero-order valence-electron chi connectivity index (χ0n) is 9.72. The minimum Gasteiger partial charge on any atom is -0.478 e. The molecule has 1 unspecified atom stereocenters. The van der Waals surface area contributed by atoms with Crippen LogP contribution in [0.1, 0.15) is 35.3 Å². The van der Waals surface area contributed by atoms with Crippen LogP contribution in [-0.2, 0) is 4.79 Å². The number of likely N-dealkylation sites (N-methyl/N-ethyl adjacent to an activating group) is 1. The molecular weight excluding hydrogens is 218 g/mol. The fourth-order valence-corrected chi connectivity index (χ4v) is 2.36. The van der Waals surface area contributed by atoms with Gasteiger partial charge >= 0.3 is 5.97 Å². The summed E-state index contributed by atoms with van der Waals surface area (Å²) in [5, 5.41) is 9.14. The average Bonchev–Trinajstić information content (AvgIpc) is 2.70. The summed E-state index contributed by atoms with van der Waals surface area (Å²) in [5.74, 6) is -0.864. The zero-order chi connectivity index (χ0) is 12.4. The molecule has 4 heteroatoms. The SMILES string of the molecule is CCN1CCC(=O)C1c1ccccc1C(=O)O. The molecule has 1 aliphatic rings. The molecule has 1 N–H and O–H groups in total. The molecule has 0 amide bonds. The van der Waals surface area contributed by atoms with Crippen molar-refractivity contribution in [3.63, 3.8) is 0 Å². The number of hydrogen-bond acceptors (Lipinski definition) is 3. The largest absolute Gasteiger partial charge is 0.478 e. The number of carboxylic acid groups (broad SMARTS) is 1. The van der Waals surface area contributed by atoms with E-state index in [1.807, 2.05) is 11.8 Å². The summed E-state index contributed by atoms with van der Waals surface area (Å²) < 4.78 is 0. The highest BCUT2D eigenvalue weighted by Gasteiger charge is 2.34. The summed E-state index contributed by atoms with van der Waals surface area (Å²) in [6, 6.07) is 6.37. The quantitative estimate of drug-likeness (QED) is 0.863. The molecule has 1 aliphatic heterocycles. The Balaban J connectivity index is 2.45. The van der Waals surface area contributed by atoms with Crippen LogP contribution in [0.2, 0.25) is 0 Å². The molecule has 1 heterocycles. The molecule has 2 rings (SSSR count). The lowest BCUT2D eigenvalue weighted by Crippen LogP contribution is -2.26. The smallest absolute Gasteiger partial charge is 0.336 e. The normalized spacial score (nSPS) is 20.8. The highest BCUT2D eigenvalue weighted by molar-refractivity contribution is 5.94. The summed E-state index contributed by atoms with van der Waals surface area (Å²) in [6.07, 6.45) is 0.506. The van der Waals surface area contributed by atoms with Crippen molar-refractivity contribution < 1.29 is 14.7 Å². The first-order valence-electron chi connectivity index (χ1n) is 5.74. The molecule has 1 aromatic rings. The van der Waals surface area contributed by atoms with Gasteiger partial charge in [0.2, 0.25) is 0 Å². The van der Waals surface area contributed by atoms with Crippen LogP contribution in [0, 0.1) is 0 Å². The van der Waals surface area contributed by atoms with Crippen LogP contribution in [0.4, 0.5) is 0 Å². The van der Waals surface area contributed by atoms with E-state index in [9.17, 15) is 9.59 Å². The van der Waals surface area contributed by atoms with E-state index in [1.165, 1.54) is 0 Å². The van der Waals surface area contributed by atoms with Gasteiger partial charge in [-0.3, -0.25) is 9.69 Å². The van der Waals surface area contributed by atoms with Crippen molar-refractivity contribution in [1.29, 1.82) is 0 Å². The van der Waals surface area contributed by atoms with Gasteiger partial charge in [0.25, 0.3) is 0 Å². The van der Waals surface area contributed by atoms with Crippen LogP contribution in [0.5, 0.6) is 0 Å². The van der Waals surface area contributed by atoms with Gasteiger partial charge in [0.15, 0.2) is 5.78 Å².